The van der Waals surface area contributed by atoms with Crippen molar-refractivity contribution >= 4 is 11.7 Å². The summed E-state index contributed by atoms with van der Waals surface area (Å²) in [4.78, 5) is 18.0. The number of nitriles is 1. The summed E-state index contributed by atoms with van der Waals surface area (Å²) in [6, 6.07) is 5.12. The molecule has 94 valence electrons. The first-order chi connectivity index (χ1) is 8.70. The van der Waals surface area contributed by atoms with Gasteiger partial charge in [-0.3, -0.25) is 4.79 Å². The third-order valence-electron chi connectivity index (χ3n) is 3.05. The summed E-state index contributed by atoms with van der Waals surface area (Å²) in [6.45, 7) is 3.54. The maximum absolute atomic E-state index is 12.1. The van der Waals surface area contributed by atoms with E-state index in [0.717, 1.165) is 25.9 Å². The van der Waals surface area contributed by atoms with Crippen molar-refractivity contribution < 1.29 is 4.79 Å². The summed E-state index contributed by atoms with van der Waals surface area (Å²) in [5.74, 6) is 0.729. The first-order valence-electron chi connectivity index (χ1n) is 6.12. The molecule has 0 spiro atoms. The number of nitrogens with one attached hydrogen (secondary N) is 1. The molecule has 18 heavy (non-hydrogen) atoms. The zero-order chi connectivity index (χ0) is 13.0. The van der Waals surface area contributed by atoms with Crippen molar-refractivity contribution in [2.75, 3.05) is 18.4 Å². The van der Waals surface area contributed by atoms with Gasteiger partial charge in [0.25, 0.3) is 0 Å². The largest absolute Gasteiger partial charge is 0.359 e. The molecule has 1 unspecified atom stereocenters. The molecule has 1 aliphatic heterocycles. The van der Waals surface area contributed by atoms with Gasteiger partial charge in [-0.25, -0.2) is 4.98 Å². The molecular formula is C13H16N4O. The molecule has 0 aromatic carbocycles. The van der Waals surface area contributed by atoms with E-state index in [-0.39, 0.29) is 11.9 Å². The number of pyridine rings is 1. The van der Waals surface area contributed by atoms with Crippen molar-refractivity contribution in [1.82, 2.24) is 9.88 Å². The van der Waals surface area contributed by atoms with Crippen LogP contribution < -0.4 is 5.32 Å². The predicted octanol–water partition coefficient (Wildman–Crippen LogP) is 1.38. The van der Waals surface area contributed by atoms with E-state index in [1.165, 1.54) is 6.20 Å². The van der Waals surface area contributed by atoms with Gasteiger partial charge >= 0.3 is 0 Å². The summed E-state index contributed by atoms with van der Waals surface area (Å²) in [7, 11) is 0. The smallest absolute Gasteiger partial charge is 0.244 e. The van der Waals surface area contributed by atoms with Crippen LogP contribution in [0.25, 0.3) is 0 Å². The molecule has 1 aliphatic rings. The Morgan fingerprint density at radius 1 is 1.50 bits per heavy atom. The molecule has 1 N–H and O–H groups in total. The Morgan fingerprint density at radius 2 is 2.22 bits per heavy atom. The first kappa shape index (κ1) is 12.4. The number of likely N-dealkylation sites (tertiary alicyclic amines) is 1. The van der Waals surface area contributed by atoms with E-state index in [2.05, 4.69) is 10.3 Å². The fraction of sp³-hybridized carbons (Fsp3) is 0.462. The molecule has 2 heterocycles. The van der Waals surface area contributed by atoms with Gasteiger partial charge < -0.3 is 10.2 Å². The summed E-state index contributed by atoms with van der Waals surface area (Å²) in [5.41, 5.74) is 0.513. The Balaban J connectivity index is 1.95. The number of anilines is 1. The quantitative estimate of drug-likeness (QED) is 0.872. The van der Waals surface area contributed by atoms with Crippen LogP contribution in [0, 0.1) is 11.3 Å². The van der Waals surface area contributed by atoms with E-state index in [9.17, 15) is 4.79 Å². The molecule has 5 nitrogen and oxygen atoms in total. The van der Waals surface area contributed by atoms with Gasteiger partial charge in [0.05, 0.1) is 5.56 Å². The highest BCUT2D eigenvalue weighted by atomic mass is 16.2. The van der Waals surface area contributed by atoms with Gasteiger partial charge in [-0.1, -0.05) is 0 Å². The van der Waals surface area contributed by atoms with Crippen molar-refractivity contribution in [3.8, 4) is 6.07 Å². The zero-order valence-electron chi connectivity index (χ0n) is 10.4. The predicted molar refractivity (Wildman–Crippen MR) is 67.9 cm³/mol. The monoisotopic (exact) mass is 244 g/mol. The zero-order valence-corrected chi connectivity index (χ0v) is 10.4. The fourth-order valence-corrected chi connectivity index (χ4v) is 2.04. The molecule has 1 amide bonds. The molecule has 1 aromatic heterocycles. The number of rotatable bonds is 3. The van der Waals surface area contributed by atoms with Crippen LogP contribution in [0.15, 0.2) is 18.3 Å². The van der Waals surface area contributed by atoms with Crippen molar-refractivity contribution in [3.05, 3.63) is 23.9 Å². The normalized spacial score (nSPS) is 16.1. The lowest BCUT2D eigenvalue weighted by Crippen LogP contribution is -2.39. The Morgan fingerprint density at radius 3 is 2.78 bits per heavy atom. The summed E-state index contributed by atoms with van der Waals surface area (Å²) >= 11 is 0. The summed E-state index contributed by atoms with van der Waals surface area (Å²) in [5, 5.41) is 11.7. The van der Waals surface area contributed by atoms with Gasteiger partial charge in [0.2, 0.25) is 5.91 Å². The number of hydrogen-bond acceptors (Lipinski definition) is 4. The number of nitrogens with zero attached hydrogens (tertiary/aromatic N) is 3. The molecule has 1 saturated heterocycles. The van der Waals surface area contributed by atoms with Crippen molar-refractivity contribution in [1.29, 1.82) is 5.26 Å². The van der Waals surface area contributed by atoms with Crippen LogP contribution in [0.2, 0.25) is 0 Å². The van der Waals surface area contributed by atoms with Crippen LogP contribution in [-0.2, 0) is 4.79 Å². The Kier molecular flexibility index (Phi) is 3.78. The van der Waals surface area contributed by atoms with Crippen molar-refractivity contribution in [3.63, 3.8) is 0 Å². The molecule has 0 aliphatic carbocycles. The van der Waals surface area contributed by atoms with Gasteiger partial charge in [-0.05, 0) is 31.9 Å². The molecule has 0 radical (unpaired) electrons. The molecule has 5 heteroatoms. The highest BCUT2D eigenvalue weighted by Crippen LogP contribution is 2.12. The highest BCUT2D eigenvalue weighted by molar-refractivity contribution is 5.84. The lowest BCUT2D eigenvalue weighted by atomic mass is 10.2. The second-order valence-corrected chi connectivity index (χ2v) is 4.44. The third-order valence-corrected chi connectivity index (χ3v) is 3.05. The van der Waals surface area contributed by atoms with Crippen molar-refractivity contribution in [2.24, 2.45) is 0 Å². The maximum atomic E-state index is 12.1. The molecule has 1 aromatic rings. The van der Waals surface area contributed by atoms with E-state index in [1.54, 1.807) is 12.1 Å². The lowest BCUT2D eigenvalue weighted by molar-refractivity contribution is -0.130. The average Bonchev–Trinajstić information content (AvgIpc) is 2.92. The Hall–Kier alpha value is -2.09. The third kappa shape index (κ3) is 2.77. The molecular weight excluding hydrogens is 228 g/mol. The molecule has 1 atom stereocenters. The topological polar surface area (TPSA) is 69.0 Å². The fourth-order valence-electron chi connectivity index (χ4n) is 2.04. The average molecular weight is 244 g/mol. The molecule has 2 rings (SSSR count). The van der Waals surface area contributed by atoms with Crippen LogP contribution in [0.1, 0.15) is 25.3 Å². The van der Waals surface area contributed by atoms with E-state index < -0.39 is 0 Å². The van der Waals surface area contributed by atoms with Gasteiger partial charge in [0, 0.05) is 19.3 Å². The van der Waals surface area contributed by atoms with Gasteiger partial charge in [-0.15, -0.1) is 0 Å². The number of carbonyl (C=O) groups is 1. The van der Waals surface area contributed by atoms with Crippen LogP contribution in [0.4, 0.5) is 5.82 Å². The van der Waals surface area contributed by atoms with Gasteiger partial charge in [-0.2, -0.15) is 5.26 Å². The maximum Gasteiger partial charge on any atom is 0.244 e. The van der Waals surface area contributed by atoms with E-state index in [0.29, 0.717) is 11.4 Å². The standard InChI is InChI=1S/C13H16N4O/c1-10(13(18)17-6-2-3-7-17)16-12-5-4-11(8-14)9-15-12/h4-5,9-10H,2-3,6-7H2,1H3,(H,15,16). The minimum atomic E-state index is -0.288. The van der Waals surface area contributed by atoms with Crippen LogP contribution in [0.3, 0.4) is 0 Å². The van der Waals surface area contributed by atoms with Gasteiger partial charge in [0.1, 0.15) is 17.9 Å². The van der Waals surface area contributed by atoms with E-state index in [4.69, 9.17) is 5.26 Å². The van der Waals surface area contributed by atoms with Crippen LogP contribution >= 0.6 is 0 Å². The van der Waals surface area contributed by atoms with Gasteiger partial charge in [0.15, 0.2) is 0 Å². The summed E-state index contributed by atoms with van der Waals surface area (Å²) in [6.07, 6.45) is 3.68. The lowest BCUT2D eigenvalue weighted by Gasteiger charge is -2.21. The minimum Gasteiger partial charge on any atom is -0.359 e. The van der Waals surface area contributed by atoms with Crippen molar-refractivity contribution in [2.45, 2.75) is 25.8 Å². The molecule has 0 saturated carbocycles. The second kappa shape index (κ2) is 5.50. The number of aromatic nitrogens is 1. The SMILES string of the molecule is CC(Nc1ccc(C#N)cn1)C(=O)N1CCCC1. The minimum absolute atomic E-state index is 0.110. The van der Waals surface area contributed by atoms with Crippen LogP contribution in [-0.4, -0.2) is 34.9 Å². The Labute approximate surface area is 106 Å². The molecule has 1 fully saturated rings. The first-order valence-corrected chi connectivity index (χ1v) is 6.12. The highest BCUT2D eigenvalue weighted by Gasteiger charge is 2.23. The Bertz CT molecular complexity index is 457. The summed E-state index contributed by atoms with van der Waals surface area (Å²) < 4.78 is 0. The van der Waals surface area contributed by atoms with E-state index in [1.807, 2.05) is 17.9 Å². The molecule has 0 bridgehead atoms. The van der Waals surface area contributed by atoms with Crippen LogP contribution in [0.5, 0.6) is 0 Å². The number of carbonyl (C=O) groups excluding carboxylic acids is 1. The van der Waals surface area contributed by atoms with E-state index >= 15 is 0 Å². The second-order valence-electron chi connectivity index (χ2n) is 4.44. The number of amides is 1. The number of hydrogen-bond donors (Lipinski definition) is 1.